The van der Waals surface area contributed by atoms with Gasteiger partial charge in [-0.3, -0.25) is 14.1 Å². The van der Waals surface area contributed by atoms with E-state index in [1.54, 1.807) is 0 Å². The Hall–Kier alpha value is -1.71. The Labute approximate surface area is 152 Å². The third-order valence-electron chi connectivity index (χ3n) is 3.39. The first-order valence-electron chi connectivity index (χ1n) is 5.98. The van der Waals surface area contributed by atoms with Gasteiger partial charge in [0.1, 0.15) is 16.4 Å². The van der Waals surface area contributed by atoms with Gasteiger partial charge in [-0.25, -0.2) is 0 Å². The van der Waals surface area contributed by atoms with Crippen molar-refractivity contribution in [2.24, 2.45) is 0 Å². The smallest absolute Gasteiger partial charge is 0.298 e. The van der Waals surface area contributed by atoms with E-state index < -0.39 is 49.2 Å². The Morgan fingerprint density at radius 2 is 1.35 bits per heavy atom. The number of ketones is 2. The molecule has 1 aliphatic rings. The topological polar surface area (TPSA) is 129 Å². The Morgan fingerprint density at radius 3 is 1.83 bits per heavy atom. The summed E-state index contributed by atoms with van der Waals surface area (Å²) in [7, 11) is -4.88. The van der Waals surface area contributed by atoms with Crippen LogP contribution in [0.5, 0.6) is 11.5 Å². The molecule has 0 heterocycles. The summed E-state index contributed by atoms with van der Waals surface area (Å²) < 4.78 is 31.5. The number of carbonyl (C=O) groups is 2. The number of hydrogen-bond acceptors (Lipinski definition) is 6. The zero-order chi connectivity index (χ0) is 16.2. The Balaban J connectivity index is 0.00000192. The first-order valence-corrected chi connectivity index (χ1v) is 7.42. The second kappa shape index (κ2) is 5.73. The molecular weight excluding hydrogens is 335 g/mol. The van der Waals surface area contributed by atoms with E-state index in [-0.39, 0.29) is 40.7 Å². The second-order valence-electron chi connectivity index (χ2n) is 4.67. The van der Waals surface area contributed by atoms with Gasteiger partial charge in [0, 0.05) is 46.8 Å². The number of carbonyl (C=O) groups excluding carboxylic acids is 2. The minimum atomic E-state index is -4.88. The van der Waals surface area contributed by atoms with Crippen molar-refractivity contribution in [2.45, 2.75) is 4.90 Å². The molecule has 23 heavy (non-hydrogen) atoms. The number of phenols is 2. The van der Waals surface area contributed by atoms with Gasteiger partial charge in [0.2, 0.25) is 0 Å². The maximum absolute atomic E-state index is 12.4. The van der Waals surface area contributed by atoms with Gasteiger partial charge in [0.25, 0.3) is 10.1 Å². The summed E-state index contributed by atoms with van der Waals surface area (Å²) in [5.41, 5.74) is -1.12. The molecule has 0 aliphatic heterocycles. The number of benzene rings is 2. The summed E-state index contributed by atoms with van der Waals surface area (Å²) in [6, 6.07) is 6.28. The van der Waals surface area contributed by atoms with Crippen molar-refractivity contribution in [1.29, 1.82) is 0 Å². The van der Waals surface area contributed by atoms with Crippen LogP contribution in [0.2, 0.25) is 0 Å². The largest absolute Gasteiger partial charge is 0.507 e. The molecule has 0 bridgehead atoms. The first-order chi connectivity index (χ1) is 10.2. The number of rotatable bonds is 1. The fourth-order valence-corrected chi connectivity index (χ4v) is 3.04. The molecule has 0 saturated heterocycles. The minimum absolute atomic E-state index is 0. The van der Waals surface area contributed by atoms with Gasteiger partial charge in [-0.1, -0.05) is 24.3 Å². The van der Waals surface area contributed by atoms with E-state index in [1.165, 1.54) is 24.3 Å². The monoisotopic (exact) mass is 343 g/mol. The third-order valence-corrected chi connectivity index (χ3v) is 4.26. The van der Waals surface area contributed by atoms with Crippen molar-refractivity contribution < 1.29 is 32.8 Å². The molecule has 7 nitrogen and oxygen atoms in total. The quantitative estimate of drug-likeness (QED) is 0.337. The second-order valence-corrected chi connectivity index (χ2v) is 6.06. The predicted molar refractivity (Wildman–Crippen MR) is 78.6 cm³/mol. The molecule has 2 aromatic rings. The van der Waals surface area contributed by atoms with E-state index in [9.17, 15) is 28.2 Å². The first kappa shape index (κ1) is 17.6. The summed E-state index contributed by atoms with van der Waals surface area (Å²) in [6.07, 6.45) is 0. The Bertz CT molecular complexity index is 963. The van der Waals surface area contributed by atoms with E-state index in [2.05, 4.69) is 0 Å². The standard InChI is InChI=1S/C14H8O7S.Na/c15-8-5-9(22(19,20)21)14(18)11-10(8)12(16)6-3-1-2-4-7(6)13(11)17;/h1-5,15,18H,(H,19,20,21);. The summed E-state index contributed by atoms with van der Waals surface area (Å²) in [5, 5.41) is 19.9. The molecule has 2 aromatic carbocycles. The molecule has 0 unspecified atom stereocenters. The van der Waals surface area contributed by atoms with Crippen LogP contribution >= 0.6 is 0 Å². The van der Waals surface area contributed by atoms with Crippen molar-refractivity contribution in [1.82, 2.24) is 0 Å². The van der Waals surface area contributed by atoms with Gasteiger partial charge in [0.15, 0.2) is 11.6 Å². The molecule has 3 rings (SSSR count). The van der Waals surface area contributed by atoms with E-state index in [4.69, 9.17) is 4.55 Å². The van der Waals surface area contributed by atoms with Crippen LogP contribution < -0.4 is 0 Å². The van der Waals surface area contributed by atoms with Crippen molar-refractivity contribution in [3.05, 3.63) is 52.6 Å². The van der Waals surface area contributed by atoms with E-state index in [0.717, 1.165) is 0 Å². The molecular formula is C14H8NaO7S. The normalized spacial score (nSPS) is 13.1. The molecule has 0 fully saturated rings. The zero-order valence-corrected chi connectivity index (χ0v) is 14.6. The molecule has 113 valence electrons. The third kappa shape index (κ3) is 2.58. The maximum Gasteiger partial charge on any atom is 0.298 e. The average Bonchev–Trinajstić information content (AvgIpc) is 2.45. The van der Waals surface area contributed by atoms with Crippen molar-refractivity contribution in [2.75, 3.05) is 0 Å². The van der Waals surface area contributed by atoms with E-state index in [0.29, 0.717) is 6.07 Å². The van der Waals surface area contributed by atoms with Gasteiger partial charge in [-0.15, -0.1) is 0 Å². The number of aromatic hydroxyl groups is 2. The Kier molecular flexibility index (Phi) is 4.40. The van der Waals surface area contributed by atoms with Crippen LogP contribution in [-0.2, 0) is 10.1 Å². The van der Waals surface area contributed by atoms with Crippen molar-refractivity contribution in [3.63, 3.8) is 0 Å². The molecule has 9 heteroatoms. The molecule has 0 saturated carbocycles. The van der Waals surface area contributed by atoms with Gasteiger partial charge in [-0.2, -0.15) is 8.42 Å². The summed E-state index contributed by atoms with van der Waals surface area (Å²) in [5.74, 6) is -3.42. The molecule has 0 spiro atoms. The number of fused-ring (bicyclic) bond motifs is 2. The summed E-state index contributed by atoms with van der Waals surface area (Å²) in [4.78, 5) is 23.7. The molecule has 3 N–H and O–H groups in total. The summed E-state index contributed by atoms with van der Waals surface area (Å²) >= 11 is 0. The molecule has 1 aliphatic carbocycles. The molecule has 0 aromatic heterocycles. The van der Waals surface area contributed by atoms with E-state index >= 15 is 0 Å². The molecule has 0 atom stereocenters. The van der Waals surface area contributed by atoms with Gasteiger partial charge < -0.3 is 10.2 Å². The van der Waals surface area contributed by atoms with Crippen LogP contribution in [0.15, 0.2) is 35.2 Å². The van der Waals surface area contributed by atoms with Crippen molar-refractivity contribution in [3.8, 4) is 11.5 Å². The van der Waals surface area contributed by atoms with E-state index in [1.807, 2.05) is 0 Å². The van der Waals surface area contributed by atoms with Crippen LogP contribution in [0.25, 0.3) is 0 Å². The Morgan fingerprint density at radius 1 is 0.870 bits per heavy atom. The van der Waals surface area contributed by atoms with Crippen LogP contribution in [0.3, 0.4) is 0 Å². The zero-order valence-electron chi connectivity index (χ0n) is 11.8. The average molecular weight is 343 g/mol. The fraction of sp³-hybridized carbons (Fsp3) is 0. The minimum Gasteiger partial charge on any atom is -0.507 e. The SMILES string of the molecule is O=C1c2ccccc2C(=O)c2c(O)c(S(=O)(=O)O)cc(O)c21.[Na]. The fourth-order valence-electron chi connectivity index (χ4n) is 2.43. The molecule has 1 radical (unpaired) electrons. The maximum atomic E-state index is 12.4. The number of hydrogen-bond donors (Lipinski definition) is 3. The molecule has 0 amide bonds. The summed E-state index contributed by atoms with van der Waals surface area (Å²) in [6.45, 7) is 0. The van der Waals surface area contributed by atoms with Crippen LogP contribution in [0.4, 0.5) is 0 Å². The number of phenolic OH excluding ortho intramolecular Hbond substituents is 2. The van der Waals surface area contributed by atoms with Gasteiger partial charge in [0.05, 0.1) is 11.1 Å². The van der Waals surface area contributed by atoms with Crippen LogP contribution in [-0.4, -0.2) is 64.3 Å². The van der Waals surface area contributed by atoms with Crippen LogP contribution in [0, 0.1) is 0 Å². The van der Waals surface area contributed by atoms with Crippen LogP contribution in [0.1, 0.15) is 31.8 Å². The van der Waals surface area contributed by atoms with Gasteiger partial charge in [-0.05, 0) is 0 Å². The van der Waals surface area contributed by atoms with Gasteiger partial charge >= 0.3 is 0 Å². The van der Waals surface area contributed by atoms with Crippen molar-refractivity contribution >= 4 is 51.2 Å². The predicted octanol–water partition coefficient (Wildman–Crippen LogP) is 0.739.